The van der Waals surface area contributed by atoms with E-state index in [0.717, 1.165) is 0 Å². The Balaban J connectivity index is 1.80. The van der Waals surface area contributed by atoms with E-state index in [4.69, 9.17) is 4.42 Å². The first-order valence-corrected chi connectivity index (χ1v) is 6.65. The van der Waals surface area contributed by atoms with Gasteiger partial charge in [0, 0.05) is 30.6 Å². The highest BCUT2D eigenvalue weighted by molar-refractivity contribution is 6.04. The van der Waals surface area contributed by atoms with Crippen molar-refractivity contribution in [3.05, 3.63) is 54.4 Å². The Kier molecular flexibility index (Phi) is 3.57. The normalized spacial score (nSPS) is 10.4. The molecule has 0 fully saturated rings. The average Bonchev–Trinajstić information content (AvgIpc) is 2.91. The Hall–Kier alpha value is -3.15. The Bertz CT molecular complexity index is 821. The molecule has 0 saturated heterocycles. The molecule has 2 heterocycles. The first kappa shape index (κ1) is 13.8. The van der Waals surface area contributed by atoms with Crippen molar-refractivity contribution in [2.24, 2.45) is 0 Å². The number of furan rings is 1. The summed E-state index contributed by atoms with van der Waals surface area (Å²) < 4.78 is 5.45. The highest BCUT2D eigenvalue weighted by Crippen LogP contribution is 2.19. The summed E-state index contributed by atoms with van der Waals surface area (Å²) in [6.07, 6.45) is 1.64. The predicted octanol–water partition coefficient (Wildman–Crippen LogP) is 3.04. The maximum Gasteiger partial charge on any atom is 0.291 e. The average molecular weight is 295 g/mol. The molecule has 22 heavy (non-hydrogen) atoms. The highest BCUT2D eigenvalue weighted by Gasteiger charge is 2.13. The van der Waals surface area contributed by atoms with Crippen LogP contribution in [0, 0.1) is 0 Å². The Labute approximate surface area is 126 Å². The van der Waals surface area contributed by atoms with Crippen molar-refractivity contribution < 1.29 is 14.0 Å². The van der Waals surface area contributed by atoms with Crippen LogP contribution in [0.1, 0.15) is 17.5 Å². The van der Waals surface area contributed by atoms with E-state index in [9.17, 15) is 9.59 Å². The van der Waals surface area contributed by atoms with Gasteiger partial charge in [-0.05, 0) is 30.3 Å². The van der Waals surface area contributed by atoms with E-state index in [-0.39, 0.29) is 17.6 Å². The number of carbonyl (C=O) groups is 2. The molecule has 2 amide bonds. The molecule has 0 aliphatic heterocycles. The van der Waals surface area contributed by atoms with Gasteiger partial charge < -0.3 is 15.1 Å². The van der Waals surface area contributed by atoms with Crippen molar-refractivity contribution in [2.45, 2.75) is 6.92 Å². The molecule has 0 atom stereocenters. The number of nitrogens with zero attached hydrogens (tertiary/aromatic N) is 1. The summed E-state index contributed by atoms with van der Waals surface area (Å²) in [7, 11) is 0. The monoisotopic (exact) mass is 295 g/mol. The summed E-state index contributed by atoms with van der Waals surface area (Å²) in [5.41, 5.74) is 2.35. The van der Waals surface area contributed by atoms with E-state index < -0.39 is 0 Å². The molecule has 0 aliphatic carbocycles. The van der Waals surface area contributed by atoms with Gasteiger partial charge in [0.05, 0.1) is 0 Å². The minimum Gasteiger partial charge on any atom is -0.449 e. The fourth-order valence-electron chi connectivity index (χ4n) is 2.05. The molecule has 2 aromatic heterocycles. The van der Waals surface area contributed by atoms with E-state index >= 15 is 0 Å². The van der Waals surface area contributed by atoms with Crippen LogP contribution in [0.15, 0.2) is 53.1 Å². The summed E-state index contributed by atoms with van der Waals surface area (Å²) in [4.78, 5) is 27.4. The zero-order valence-electron chi connectivity index (χ0n) is 11.8. The van der Waals surface area contributed by atoms with E-state index in [1.807, 2.05) is 0 Å². The number of anilines is 2. The second-order valence-corrected chi connectivity index (χ2v) is 4.71. The van der Waals surface area contributed by atoms with Gasteiger partial charge >= 0.3 is 0 Å². The van der Waals surface area contributed by atoms with Gasteiger partial charge in [0.25, 0.3) is 5.91 Å². The number of nitrogens with one attached hydrogen (secondary N) is 2. The molecule has 110 valence electrons. The number of pyridine rings is 1. The van der Waals surface area contributed by atoms with Gasteiger partial charge in [-0.2, -0.15) is 0 Å². The third-order valence-corrected chi connectivity index (χ3v) is 2.95. The number of aromatic nitrogens is 1. The lowest BCUT2D eigenvalue weighted by Crippen LogP contribution is -2.11. The van der Waals surface area contributed by atoms with Gasteiger partial charge in [-0.3, -0.25) is 14.6 Å². The van der Waals surface area contributed by atoms with Crippen LogP contribution in [-0.2, 0) is 4.79 Å². The van der Waals surface area contributed by atoms with E-state index in [2.05, 4.69) is 15.6 Å². The molecule has 0 unspecified atom stereocenters. The molecule has 2 N–H and O–H groups in total. The Morgan fingerprint density at radius 1 is 1.05 bits per heavy atom. The molecule has 3 rings (SSSR count). The topological polar surface area (TPSA) is 84.2 Å². The van der Waals surface area contributed by atoms with E-state index in [1.54, 1.807) is 48.7 Å². The summed E-state index contributed by atoms with van der Waals surface area (Å²) in [6, 6.07) is 11.9. The second kappa shape index (κ2) is 5.69. The first-order valence-electron chi connectivity index (χ1n) is 6.65. The zero-order chi connectivity index (χ0) is 15.5. The summed E-state index contributed by atoms with van der Waals surface area (Å²) in [5.74, 6) is -0.372. The number of amides is 2. The molecule has 0 bridgehead atoms. The molecule has 1 aromatic carbocycles. The molecule has 6 heteroatoms. The van der Waals surface area contributed by atoms with Crippen LogP contribution in [0.2, 0.25) is 0 Å². The molecule has 0 saturated carbocycles. The SMILES string of the molecule is CC(=O)Nc1cccc(NC(=O)c2cc3ncccc3o2)c1. The smallest absolute Gasteiger partial charge is 0.291 e. The van der Waals surface area contributed by atoms with Crippen molar-refractivity contribution >= 4 is 34.3 Å². The first-order chi connectivity index (χ1) is 10.6. The van der Waals surface area contributed by atoms with Gasteiger partial charge in [0.1, 0.15) is 5.52 Å². The Morgan fingerprint density at radius 2 is 1.82 bits per heavy atom. The number of fused-ring (bicyclic) bond motifs is 1. The van der Waals surface area contributed by atoms with Crippen molar-refractivity contribution in [2.75, 3.05) is 10.6 Å². The van der Waals surface area contributed by atoms with Crippen LogP contribution in [0.25, 0.3) is 11.1 Å². The minimum atomic E-state index is -0.377. The van der Waals surface area contributed by atoms with Crippen molar-refractivity contribution in [1.29, 1.82) is 0 Å². The lowest BCUT2D eigenvalue weighted by molar-refractivity contribution is -0.114. The van der Waals surface area contributed by atoms with Crippen LogP contribution < -0.4 is 10.6 Å². The third kappa shape index (κ3) is 2.95. The predicted molar refractivity (Wildman–Crippen MR) is 82.7 cm³/mol. The van der Waals surface area contributed by atoms with Crippen LogP contribution in [0.4, 0.5) is 11.4 Å². The second-order valence-electron chi connectivity index (χ2n) is 4.71. The van der Waals surface area contributed by atoms with E-state index in [0.29, 0.717) is 22.5 Å². The minimum absolute atomic E-state index is 0.174. The lowest BCUT2D eigenvalue weighted by atomic mass is 10.2. The summed E-state index contributed by atoms with van der Waals surface area (Å²) >= 11 is 0. The van der Waals surface area contributed by atoms with Gasteiger partial charge in [-0.1, -0.05) is 6.07 Å². The summed E-state index contributed by atoms with van der Waals surface area (Å²) in [5, 5.41) is 5.38. The van der Waals surface area contributed by atoms with Crippen molar-refractivity contribution in [3.63, 3.8) is 0 Å². The quantitative estimate of drug-likeness (QED) is 0.777. The molecule has 3 aromatic rings. The fourth-order valence-corrected chi connectivity index (χ4v) is 2.05. The van der Waals surface area contributed by atoms with Crippen LogP contribution in [-0.4, -0.2) is 16.8 Å². The lowest BCUT2D eigenvalue weighted by Gasteiger charge is -2.06. The van der Waals surface area contributed by atoms with Crippen LogP contribution >= 0.6 is 0 Å². The van der Waals surface area contributed by atoms with Gasteiger partial charge in [-0.15, -0.1) is 0 Å². The van der Waals surface area contributed by atoms with Gasteiger partial charge in [-0.25, -0.2) is 0 Å². The number of hydrogen-bond acceptors (Lipinski definition) is 4. The summed E-state index contributed by atoms with van der Waals surface area (Å²) in [6.45, 7) is 1.42. The maximum atomic E-state index is 12.2. The van der Waals surface area contributed by atoms with Gasteiger partial charge in [0.15, 0.2) is 11.3 Å². The van der Waals surface area contributed by atoms with Gasteiger partial charge in [0.2, 0.25) is 5.91 Å². The third-order valence-electron chi connectivity index (χ3n) is 2.95. The molecular weight excluding hydrogens is 282 g/mol. The highest BCUT2D eigenvalue weighted by atomic mass is 16.3. The Morgan fingerprint density at radius 3 is 2.55 bits per heavy atom. The standard InChI is InChI=1S/C16H13N3O3/c1-10(20)18-11-4-2-5-12(8-11)19-16(21)15-9-13-14(22-15)6-3-7-17-13/h2-9H,1H3,(H,18,20)(H,19,21). The molecular formula is C16H13N3O3. The number of benzene rings is 1. The van der Waals surface area contributed by atoms with Crippen LogP contribution in [0.3, 0.4) is 0 Å². The van der Waals surface area contributed by atoms with Crippen molar-refractivity contribution in [3.8, 4) is 0 Å². The maximum absolute atomic E-state index is 12.2. The molecule has 0 spiro atoms. The van der Waals surface area contributed by atoms with Crippen molar-refractivity contribution in [1.82, 2.24) is 4.98 Å². The van der Waals surface area contributed by atoms with Crippen LogP contribution in [0.5, 0.6) is 0 Å². The fraction of sp³-hybridized carbons (Fsp3) is 0.0625. The molecule has 0 aliphatic rings. The number of hydrogen-bond donors (Lipinski definition) is 2. The van der Waals surface area contributed by atoms with E-state index in [1.165, 1.54) is 6.92 Å². The molecule has 6 nitrogen and oxygen atoms in total. The number of rotatable bonds is 3. The number of carbonyl (C=O) groups excluding carboxylic acids is 2. The zero-order valence-corrected chi connectivity index (χ0v) is 11.8. The molecule has 0 radical (unpaired) electrons. The largest absolute Gasteiger partial charge is 0.449 e.